The van der Waals surface area contributed by atoms with Crippen molar-refractivity contribution in [1.29, 1.82) is 0 Å². The van der Waals surface area contributed by atoms with Crippen LogP contribution in [0, 0.1) is 6.92 Å². The summed E-state index contributed by atoms with van der Waals surface area (Å²) in [5, 5.41) is 1.82. The fraction of sp³-hybridized carbons (Fsp3) is 0.308. The standard InChI is InChI=1S/C13H14ClNOS2/c1-9-6-10(14)2-3-12(9)16-5-4-13-15-7-11(8-17)18-13/h2-3,6-7,17H,4-5,8H2,1H3. The minimum absolute atomic E-state index is 0.627. The van der Waals surface area contributed by atoms with Gasteiger partial charge in [-0.15, -0.1) is 11.3 Å². The lowest BCUT2D eigenvalue weighted by Gasteiger charge is -2.08. The van der Waals surface area contributed by atoms with E-state index >= 15 is 0 Å². The molecule has 2 aromatic rings. The van der Waals surface area contributed by atoms with Crippen LogP contribution in [0.25, 0.3) is 0 Å². The van der Waals surface area contributed by atoms with Crippen molar-refractivity contribution in [2.24, 2.45) is 0 Å². The lowest BCUT2D eigenvalue weighted by Crippen LogP contribution is -2.02. The number of halogens is 1. The van der Waals surface area contributed by atoms with Gasteiger partial charge in [0.15, 0.2) is 0 Å². The smallest absolute Gasteiger partial charge is 0.122 e. The van der Waals surface area contributed by atoms with Crippen molar-refractivity contribution in [2.75, 3.05) is 6.61 Å². The summed E-state index contributed by atoms with van der Waals surface area (Å²) in [6, 6.07) is 5.64. The van der Waals surface area contributed by atoms with Crippen LogP contribution < -0.4 is 4.74 Å². The third kappa shape index (κ3) is 3.64. The third-order valence-electron chi connectivity index (χ3n) is 2.47. The summed E-state index contributed by atoms with van der Waals surface area (Å²) in [4.78, 5) is 5.51. The number of rotatable bonds is 5. The first-order valence-electron chi connectivity index (χ1n) is 5.62. The summed E-state index contributed by atoms with van der Waals surface area (Å²) in [5.74, 6) is 1.62. The van der Waals surface area contributed by atoms with Gasteiger partial charge in [0.25, 0.3) is 0 Å². The molecule has 0 atom stereocenters. The van der Waals surface area contributed by atoms with Crippen molar-refractivity contribution in [3.63, 3.8) is 0 Å². The molecule has 5 heteroatoms. The molecule has 0 aliphatic heterocycles. The quantitative estimate of drug-likeness (QED) is 0.838. The number of thiol groups is 1. The molecule has 0 amide bonds. The van der Waals surface area contributed by atoms with Gasteiger partial charge in [-0.05, 0) is 30.7 Å². The van der Waals surface area contributed by atoms with Crippen LogP contribution in [-0.2, 0) is 12.2 Å². The van der Waals surface area contributed by atoms with Gasteiger partial charge in [0.2, 0.25) is 0 Å². The van der Waals surface area contributed by atoms with Gasteiger partial charge in [-0.1, -0.05) is 11.6 Å². The first-order valence-corrected chi connectivity index (χ1v) is 7.45. The highest BCUT2D eigenvalue weighted by atomic mass is 35.5. The highest BCUT2D eigenvalue weighted by Crippen LogP contribution is 2.22. The molecule has 0 spiro atoms. The first-order chi connectivity index (χ1) is 8.69. The second-order valence-corrected chi connectivity index (χ2v) is 5.84. The number of nitrogens with zero attached hydrogens (tertiary/aromatic N) is 1. The molecular formula is C13H14ClNOS2. The van der Waals surface area contributed by atoms with Crippen LogP contribution in [0.4, 0.5) is 0 Å². The van der Waals surface area contributed by atoms with Gasteiger partial charge in [0.1, 0.15) is 5.75 Å². The predicted octanol–water partition coefficient (Wildman–Crippen LogP) is 4.16. The molecule has 0 aliphatic rings. The maximum absolute atomic E-state index is 5.89. The minimum atomic E-state index is 0.627. The monoisotopic (exact) mass is 299 g/mol. The van der Waals surface area contributed by atoms with Crippen molar-refractivity contribution in [2.45, 2.75) is 19.1 Å². The van der Waals surface area contributed by atoms with E-state index in [1.165, 1.54) is 4.88 Å². The van der Waals surface area contributed by atoms with Crippen LogP contribution in [0.2, 0.25) is 5.02 Å². The Hall–Kier alpha value is -0.710. The molecule has 0 N–H and O–H groups in total. The molecule has 1 heterocycles. The van der Waals surface area contributed by atoms with E-state index in [4.69, 9.17) is 16.3 Å². The van der Waals surface area contributed by atoms with Crippen LogP contribution in [0.5, 0.6) is 5.75 Å². The maximum atomic E-state index is 5.89. The Kier molecular flexibility index (Phi) is 4.92. The van der Waals surface area contributed by atoms with Gasteiger partial charge in [-0.3, -0.25) is 0 Å². The molecule has 1 aromatic carbocycles. The molecule has 0 saturated carbocycles. The molecule has 0 unspecified atom stereocenters. The zero-order valence-corrected chi connectivity index (χ0v) is 12.5. The fourth-order valence-electron chi connectivity index (χ4n) is 1.56. The second kappa shape index (κ2) is 6.45. The summed E-state index contributed by atoms with van der Waals surface area (Å²) in [6.45, 7) is 2.62. The summed E-state index contributed by atoms with van der Waals surface area (Å²) >= 11 is 11.8. The Bertz CT molecular complexity index is 527. The molecule has 2 rings (SSSR count). The lowest BCUT2D eigenvalue weighted by atomic mass is 10.2. The molecule has 0 radical (unpaired) electrons. The van der Waals surface area contributed by atoms with Crippen LogP contribution in [0.1, 0.15) is 15.4 Å². The number of aromatic nitrogens is 1. The molecule has 0 bridgehead atoms. The van der Waals surface area contributed by atoms with E-state index in [2.05, 4.69) is 17.6 Å². The molecule has 2 nitrogen and oxygen atoms in total. The molecule has 0 aliphatic carbocycles. The SMILES string of the molecule is Cc1cc(Cl)ccc1OCCc1ncc(CS)s1. The largest absolute Gasteiger partial charge is 0.493 e. The van der Waals surface area contributed by atoms with Crippen molar-refractivity contribution in [3.05, 3.63) is 44.9 Å². The number of hydrogen-bond acceptors (Lipinski definition) is 4. The fourth-order valence-corrected chi connectivity index (χ4v) is 2.83. The van der Waals surface area contributed by atoms with E-state index in [1.54, 1.807) is 11.3 Å². The molecule has 1 aromatic heterocycles. The van der Waals surface area contributed by atoms with Gasteiger partial charge < -0.3 is 4.74 Å². The summed E-state index contributed by atoms with van der Waals surface area (Å²) in [7, 11) is 0. The second-order valence-electron chi connectivity index (χ2n) is 3.89. The van der Waals surface area contributed by atoms with E-state index in [-0.39, 0.29) is 0 Å². The van der Waals surface area contributed by atoms with E-state index in [0.717, 1.165) is 33.5 Å². The van der Waals surface area contributed by atoms with Crippen molar-refractivity contribution in [1.82, 2.24) is 4.98 Å². The zero-order valence-electron chi connectivity index (χ0n) is 10.0. The number of thiazole rings is 1. The normalized spacial score (nSPS) is 10.6. The number of aryl methyl sites for hydroxylation is 1. The Labute approximate surface area is 121 Å². The highest BCUT2D eigenvalue weighted by molar-refractivity contribution is 7.79. The first kappa shape index (κ1) is 13.7. The third-order valence-corrected chi connectivity index (χ3v) is 4.31. The van der Waals surface area contributed by atoms with Crippen LogP contribution in [-0.4, -0.2) is 11.6 Å². The van der Waals surface area contributed by atoms with Gasteiger partial charge in [0, 0.05) is 28.3 Å². The Balaban J connectivity index is 1.88. The number of ether oxygens (including phenoxy) is 1. The summed E-state index contributed by atoms with van der Waals surface area (Å²) < 4.78 is 5.73. The Morgan fingerprint density at radius 2 is 2.28 bits per heavy atom. The molecular weight excluding hydrogens is 286 g/mol. The van der Waals surface area contributed by atoms with Crippen LogP contribution in [0.15, 0.2) is 24.4 Å². The van der Waals surface area contributed by atoms with E-state index in [9.17, 15) is 0 Å². The average molecular weight is 300 g/mol. The molecule has 0 saturated heterocycles. The van der Waals surface area contributed by atoms with Gasteiger partial charge in [0.05, 0.1) is 11.6 Å². The van der Waals surface area contributed by atoms with Gasteiger partial charge in [-0.25, -0.2) is 4.98 Å². The Morgan fingerprint density at radius 1 is 1.44 bits per heavy atom. The van der Waals surface area contributed by atoms with Crippen molar-refractivity contribution in [3.8, 4) is 5.75 Å². The molecule has 18 heavy (non-hydrogen) atoms. The topological polar surface area (TPSA) is 22.1 Å². The van der Waals surface area contributed by atoms with Crippen molar-refractivity contribution < 1.29 is 4.74 Å². The highest BCUT2D eigenvalue weighted by Gasteiger charge is 2.03. The van der Waals surface area contributed by atoms with Gasteiger partial charge in [-0.2, -0.15) is 12.6 Å². The van der Waals surface area contributed by atoms with Gasteiger partial charge >= 0.3 is 0 Å². The minimum Gasteiger partial charge on any atom is -0.493 e. The lowest BCUT2D eigenvalue weighted by molar-refractivity contribution is 0.319. The number of hydrogen-bond donors (Lipinski definition) is 1. The predicted molar refractivity (Wildman–Crippen MR) is 80.2 cm³/mol. The van der Waals surface area contributed by atoms with Crippen molar-refractivity contribution >= 4 is 35.6 Å². The van der Waals surface area contributed by atoms with Crippen LogP contribution in [0.3, 0.4) is 0 Å². The average Bonchev–Trinajstić information content (AvgIpc) is 2.80. The zero-order chi connectivity index (χ0) is 13.0. The maximum Gasteiger partial charge on any atom is 0.122 e. The van der Waals surface area contributed by atoms with E-state index in [1.807, 2.05) is 31.3 Å². The molecule has 96 valence electrons. The summed E-state index contributed by atoms with van der Waals surface area (Å²) in [5.41, 5.74) is 1.05. The molecule has 0 fully saturated rings. The van der Waals surface area contributed by atoms with E-state index in [0.29, 0.717) is 6.61 Å². The Morgan fingerprint density at radius 3 is 2.94 bits per heavy atom. The number of benzene rings is 1. The van der Waals surface area contributed by atoms with E-state index < -0.39 is 0 Å². The van der Waals surface area contributed by atoms with Crippen LogP contribution >= 0.6 is 35.6 Å². The summed E-state index contributed by atoms with van der Waals surface area (Å²) in [6.07, 6.45) is 2.70.